The number of ether oxygens (including phenoxy) is 4. The lowest BCUT2D eigenvalue weighted by Crippen LogP contribution is -2.65. The molecule has 0 saturated carbocycles. The Morgan fingerprint density at radius 1 is 0.742 bits per heavy atom. The van der Waals surface area contributed by atoms with Crippen molar-refractivity contribution in [3.8, 4) is 11.5 Å². The van der Waals surface area contributed by atoms with Gasteiger partial charge in [-0.25, -0.2) is 0 Å². The van der Waals surface area contributed by atoms with Gasteiger partial charge in [-0.1, -0.05) is 35.4 Å². The minimum absolute atomic E-state index is 0.316. The molecule has 6 rings (SSSR count). The van der Waals surface area contributed by atoms with Crippen LogP contribution in [0.2, 0.25) is 0 Å². The Balaban J connectivity index is 1.72. The van der Waals surface area contributed by atoms with Gasteiger partial charge in [0, 0.05) is 11.1 Å². The molecule has 2 aromatic carbocycles. The topological polar surface area (TPSA) is 36.9 Å². The van der Waals surface area contributed by atoms with Crippen LogP contribution in [0.5, 0.6) is 11.5 Å². The molecule has 4 atom stereocenters. The molecule has 3 heterocycles. The van der Waals surface area contributed by atoms with E-state index in [1.807, 2.05) is 13.8 Å². The number of benzene rings is 2. The molecular weight excluding hydrogens is 388 g/mol. The summed E-state index contributed by atoms with van der Waals surface area (Å²) in [6.07, 6.45) is 1.97. The molecule has 0 N–H and O–H groups in total. The van der Waals surface area contributed by atoms with Crippen LogP contribution in [0, 0.1) is 27.7 Å². The van der Waals surface area contributed by atoms with Crippen molar-refractivity contribution in [2.45, 2.75) is 84.1 Å². The second-order valence-electron chi connectivity index (χ2n) is 10.6. The zero-order valence-corrected chi connectivity index (χ0v) is 19.6. The van der Waals surface area contributed by atoms with Crippen LogP contribution in [0.15, 0.2) is 35.9 Å². The second-order valence-corrected chi connectivity index (χ2v) is 10.6. The maximum absolute atomic E-state index is 6.93. The van der Waals surface area contributed by atoms with Gasteiger partial charge in [-0.3, -0.25) is 0 Å². The summed E-state index contributed by atoms with van der Waals surface area (Å²) < 4.78 is 27.2. The first-order chi connectivity index (χ1) is 14.4. The van der Waals surface area contributed by atoms with Crippen molar-refractivity contribution < 1.29 is 18.9 Å². The summed E-state index contributed by atoms with van der Waals surface area (Å²) in [6, 6.07) is 8.79. The van der Waals surface area contributed by atoms with E-state index in [0.29, 0.717) is 0 Å². The molecule has 2 aromatic rings. The molecule has 4 heteroatoms. The van der Waals surface area contributed by atoms with E-state index in [4.69, 9.17) is 18.9 Å². The highest BCUT2D eigenvalue weighted by molar-refractivity contribution is 5.63. The first kappa shape index (κ1) is 19.4. The highest BCUT2D eigenvalue weighted by Gasteiger charge is 2.81. The van der Waals surface area contributed by atoms with Crippen molar-refractivity contribution in [1.29, 1.82) is 0 Å². The molecule has 1 saturated heterocycles. The van der Waals surface area contributed by atoms with Crippen LogP contribution in [0.3, 0.4) is 0 Å². The van der Waals surface area contributed by atoms with Crippen LogP contribution >= 0.6 is 0 Å². The van der Waals surface area contributed by atoms with E-state index in [9.17, 15) is 0 Å². The van der Waals surface area contributed by atoms with Crippen LogP contribution in [0.4, 0.5) is 0 Å². The normalized spacial score (nSPS) is 35.9. The van der Waals surface area contributed by atoms with Gasteiger partial charge < -0.3 is 18.9 Å². The number of rotatable bonds is 0. The van der Waals surface area contributed by atoms with E-state index in [2.05, 4.69) is 71.9 Å². The molecule has 162 valence electrons. The Hall–Kier alpha value is -2.30. The number of aryl methyl sites for hydroxylation is 4. The summed E-state index contributed by atoms with van der Waals surface area (Å²) >= 11 is 0. The lowest BCUT2D eigenvalue weighted by atomic mass is 9.61. The molecule has 0 unspecified atom stereocenters. The summed E-state index contributed by atoms with van der Waals surface area (Å²) in [5, 5.41) is 0. The van der Waals surface area contributed by atoms with Crippen LogP contribution in [-0.2, 0) is 20.5 Å². The summed E-state index contributed by atoms with van der Waals surface area (Å²) in [6.45, 7) is 16.8. The summed E-state index contributed by atoms with van der Waals surface area (Å²) in [5.41, 5.74) is 6.64. The van der Waals surface area contributed by atoms with Crippen molar-refractivity contribution in [2.24, 2.45) is 0 Å². The van der Waals surface area contributed by atoms with Crippen LogP contribution < -0.4 is 9.47 Å². The Bertz CT molecular complexity index is 1210. The average molecular weight is 419 g/mol. The minimum Gasteiger partial charge on any atom is -0.485 e. The third-order valence-electron chi connectivity index (χ3n) is 7.53. The van der Waals surface area contributed by atoms with Gasteiger partial charge in [0.1, 0.15) is 11.5 Å². The van der Waals surface area contributed by atoms with Gasteiger partial charge in [-0.05, 0) is 78.2 Å². The largest absolute Gasteiger partial charge is 0.485 e. The molecule has 31 heavy (non-hydrogen) atoms. The molecule has 0 spiro atoms. The molecule has 0 bridgehead atoms. The predicted octanol–water partition coefficient (Wildman–Crippen LogP) is 5.67. The molecule has 1 aliphatic carbocycles. The van der Waals surface area contributed by atoms with Crippen molar-refractivity contribution in [3.63, 3.8) is 0 Å². The Morgan fingerprint density at radius 2 is 1.35 bits per heavy atom. The summed E-state index contributed by atoms with van der Waals surface area (Å²) in [4.78, 5) is 0. The van der Waals surface area contributed by atoms with Crippen molar-refractivity contribution in [1.82, 2.24) is 0 Å². The van der Waals surface area contributed by atoms with Crippen molar-refractivity contribution in [2.75, 3.05) is 0 Å². The van der Waals surface area contributed by atoms with Gasteiger partial charge in [0.25, 0.3) is 5.79 Å². The number of hydrogen-bond donors (Lipinski definition) is 0. The third-order valence-corrected chi connectivity index (χ3v) is 7.53. The van der Waals surface area contributed by atoms with Gasteiger partial charge in [0.2, 0.25) is 5.60 Å². The molecule has 0 amide bonds. The molecule has 0 radical (unpaired) electrons. The highest BCUT2D eigenvalue weighted by atomic mass is 16.9. The molecule has 0 aromatic heterocycles. The molecule has 4 aliphatic rings. The predicted molar refractivity (Wildman–Crippen MR) is 119 cm³/mol. The van der Waals surface area contributed by atoms with Gasteiger partial charge in [0.05, 0.1) is 5.41 Å². The maximum Gasteiger partial charge on any atom is 0.273 e. The molecular formula is C27H30O4. The first-order valence-electron chi connectivity index (χ1n) is 11.1. The van der Waals surface area contributed by atoms with Gasteiger partial charge >= 0.3 is 0 Å². The SMILES string of the molecule is CC1=C[C@@]2(C)c3cc(C)cc(C)c3O[C@H]2[C@@]23OC(C)(C)O[C@@]12Oc1c(C)cc(C)cc13. The van der Waals surface area contributed by atoms with Crippen LogP contribution in [0.1, 0.15) is 61.1 Å². The van der Waals surface area contributed by atoms with E-state index >= 15 is 0 Å². The van der Waals surface area contributed by atoms with Gasteiger partial charge in [0.15, 0.2) is 11.9 Å². The van der Waals surface area contributed by atoms with Crippen LogP contribution in [-0.4, -0.2) is 17.7 Å². The van der Waals surface area contributed by atoms with Crippen molar-refractivity contribution in [3.05, 3.63) is 69.3 Å². The highest BCUT2D eigenvalue weighted by Crippen LogP contribution is 2.70. The summed E-state index contributed by atoms with van der Waals surface area (Å²) in [7, 11) is 0. The van der Waals surface area contributed by atoms with E-state index in [1.54, 1.807) is 0 Å². The molecule has 3 aliphatic heterocycles. The Morgan fingerprint density at radius 3 is 2.03 bits per heavy atom. The lowest BCUT2D eigenvalue weighted by molar-refractivity contribution is -0.201. The standard InChI is InChI=1S/C27H30O4/c1-14-9-16(3)21-19(11-14)25(8)13-18(5)27-26(23(25)28-21,30-24(6,7)31-27)20-12-15(2)10-17(4)22(20)29-27/h9-13,23H,1-8H3/t23-,25+,26-,27+/m1/s1. The molecule has 4 nitrogen and oxygen atoms in total. The fraction of sp³-hybridized carbons (Fsp3) is 0.481. The lowest BCUT2D eigenvalue weighted by Gasteiger charge is -2.48. The van der Waals surface area contributed by atoms with Gasteiger partial charge in [-0.15, -0.1) is 0 Å². The second kappa shape index (κ2) is 5.36. The Kier molecular flexibility index (Phi) is 3.35. The van der Waals surface area contributed by atoms with Crippen LogP contribution in [0.25, 0.3) is 0 Å². The number of fused-ring (bicyclic) bond motifs is 4. The first-order valence-corrected chi connectivity index (χ1v) is 11.1. The van der Waals surface area contributed by atoms with Crippen molar-refractivity contribution >= 4 is 0 Å². The monoisotopic (exact) mass is 418 g/mol. The Labute approximate surface area is 184 Å². The zero-order valence-electron chi connectivity index (χ0n) is 19.6. The maximum atomic E-state index is 6.93. The fourth-order valence-corrected chi connectivity index (χ4v) is 6.65. The quantitative estimate of drug-likeness (QED) is 0.517. The van der Waals surface area contributed by atoms with E-state index in [0.717, 1.165) is 33.8 Å². The zero-order chi connectivity index (χ0) is 22.1. The average Bonchev–Trinajstić information content (AvgIpc) is 3.17. The smallest absolute Gasteiger partial charge is 0.273 e. The fourth-order valence-electron chi connectivity index (χ4n) is 6.65. The van der Waals surface area contributed by atoms with E-state index in [1.165, 1.54) is 16.7 Å². The summed E-state index contributed by atoms with van der Waals surface area (Å²) in [5.74, 6) is -0.0604. The molecule has 1 fully saturated rings. The van der Waals surface area contributed by atoms with Gasteiger partial charge in [-0.2, -0.15) is 0 Å². The minimum atomic E-state index is -1.05. The number of hydrogen-bond acceptors (Lipinski definition) is 4. The third kappa shape index (κ3) is 2.04. The van der Waals surface area contributed by atoms with E-state index < -0.39 is 17.2 Å². The van der Waals surface area contributed by atoms with E-state index in [-0.39, 0.29) is 11.5 Å².